The number of carbonyl (C=O) groups excluding carboxylic acids is 1. The normalized spacial score (nSPS) is 18.4. The molecule has 0 radical (unpaired) electrons. The average molecular weight is 435 g/mol. The van der Waals surface area contributed by atoms with Crippen LogP contribution in [0.15, 0.2) is 56.5 Å². The standard InChI is InChI=1S/C17H11ClN4O4S2/c1-28(24,25)17-21-22-14(19)12(15(23)20-16(22)27-17)8-11-6-7-13(26-11)9-2-4-10(18)5-3-9/h2-8,19H,1H3/b12-8+,19-14?. The van der Waals surface area contributed by atoms with Crippen molar-refractivity contribution in [1.82, 2.24) is 5.01 Å². The van der Waals surface area contributed by atoms with E-state index in [1.165, 1.54) is 6.08 Å². The molecule has 0 saturated carbocycles. The Balaban J connectivity index is 1.66. The number of carbonyl (C=O) groups is 1. The average Bonchev–Trinajstić information content (AvgIpc) is 3.26. The maximum Gasteiger partial charge on any atom is 0.283 e. The number of sulfone groups is 1. The van der Waals surface area contributed by atoms with Crippen molar-refractivity contribution in [2.24, 2.45) is 10.1 Å². The Labute approximate surface area is 169 Å². The van der Waals surface area contributed by atoms with Crippen LogP contribution < -0.4 is 0 Å². The van der Waals surface area contributed by atoms with Gasteiger partial charge in [0, 0.05) is 16.8 Å². The van der Waals surface area contributed by atoms with Crippen molar-refractivity contribution in [2.75, 3.05) is 6.26 Å². The molecule has 3 heterocycles. The number of rotatable bonds is 2. The Morgan fingerprint density at radius 1 is 1.21 bits per heavy atom. The predicted molar refractivity (Wildman–Crippen MR) is 109 cm³/mol. The molecule has 0 fully saturated rings. The molecule has 1 aromatic heterocycles. The third-order valence-corrected chi connectivity index (χ3v) is 6.62. The maximum absolute atomic E-state index is 12.3. The quantitative estimate of drug-likeness (QED) is 0.725. The number of hydrogen-bond donors (Lipinski definition) is 1. The minimum Gasteiger partial charge on any atom is -0.457 e. The molecule has 0 atom stereocenters. The molecule has 0 aliphatic carbocycles. The Morgan fingerprint density at radius 2 is 1.93 bits per heavy atom. The number of amidine groups is 2. The number of thioether (sulfide) groups is 1. The Hall–Kier alpha value is -2.69. The van der Waals surface area contributed by atoms with Gasteiger partial charge in [-0.2, -0.15) is 10.0 Å². The zero-order chi connectivity index (χ0) is 20.1. The molecule has 2 aromatic rings. The summed E-state index contributed by atoms with van der Waals surface area (Å²) in [5.74, 6) is -0.0313. The summed E-state index contributed by atoms with van der Waals surface area (Å²) in [4.78, 5) is 16.2. The van der Waals surface area contributed by atoms with Crippen molar-refractivity contribution in [3.05, 3.63) is 52.8 Å². The number of hydrogen-bond acceptors (Lipinski definition) is 7. The summed E-state index contributed by atoms with van der Waals surface area (Å²) in [7, 11) is -3.57. The van der Waals surface area contributed by atoms with E-state index in [9.17, 15) is 13.2 Å². The van der Waals surface area contributed by atoms with E-state index in [0.29, 0.717) is 16.5 Å². The fraction of sp³-hybridized carbons (Fsp3) is 0.0588. The van der Waals surface area contributed by atoms with Gasteiger partial charge in [0.15, 0.2) is 5.84 Å². The molecule has 28 heavy (non-hydrogen) atoms. The first-order chi connectivity index (χ1) is 13.2. The van der Waals surface area contributed by atoms with Gasteiger partial charge >= 0.3 is 0 Å². The van der Waals surface area contributed by atoms with Crippen LogP contribution in [0.1, 0.15) is 5.76 Å². The number of hydrazone groups is 1. The van der Waals surface area contributed by atoms with Crippen LogP contribution in [-0.4, -0.2) is 41.0 Å². The summed E-state index contributed by atoms with van der Waals surface area (Å²) in [6.45, 7) is 0. The van der Waals surface area contributed by atoms with Crippen LogP contribution in [0, 0.1) is 5.41 Å². The lowest BCUT2D eigenvalue weighted by Crippen LogP contribution is -2.35. The maximum atomic E-state index is 12.3. The second kappa shape index (κ2) is 6.73. The van der Waals surface area contributed by atoms with E-state index >= 15 is 0 Å². The monoisotopic (exact) mass is 434 g/mol. The highest BCUT2D eigenvalue weighted by molar-refractivity contribution is 8.42. The fourth-order valence-electron chi connectivity index (χ4n) is 2.47. The van der Waals surface area contributed by atoms with Crippen LogP contribution in [-0.2, 0) is 14.6 Å². The van der Waals surface area contributed by atoms with Gasteiger partial charge in [0.1, 0.15) is 11.5 Å². The van der Waals surface area contributed by atoms with E-state index in [1.54, 1.807) is 36.4 Å². The van der Waals surface area contributed by atoms with Crippen molar-refractivity contribution in [3.8, 4) is 11.3 Å². The van der Waals surface area contributed by atoms with Gasteiger partial charge in [-0.3, -0.25) is 10.2 Å². The van der Waals surface area contributed by atoms with E-state index in [4.69, 9.17) is 21.4 Å². The highest BCUT2D eigenvalue weighted by atomic mass is 35.5. The molecular formula is C17H11ClN4O4S2. The molecule has 142 valence electrons. The van der Waals surface area contributed by atoms with Crippen molar-refractivity contribution in [1.29, 1.82) is 5.41 Å². The number of amides is 1. The van der Waals surface area contributed by atoms with Gasteiger partial charge in [-0.25, -0.2) is 8.42 Å². The molecule has 0 saturated heterocycles. The SMILES string of the molecule is CS(=O)(=O)C1=NN2C(=N)/C(=C\c3ccc(-c4ccc(Cl)cc4)o3)C(=O)N=C2S1. The number of nitrogens with one attached hydrogen (secondary N) is 1. The number of nitrogens with zero attached hydrogens (tertiary/aromatic N) is 3. The van der Waals surface area contributed by atoms with Crippen molar-refractivity contribution >= 4 is 60.6 Å². The van der Waals surface area contributed by atoms with Gasteiger partial charge in [-0.1, -0.05) is 11.6 Å². The molecular weight excluding hydrogens is 424 g/mol. The van der Waals surface area contributed by atoms with Gasteiger partial charge in [0.05, 0.1) is 5.57 Å². The van der Waals surface area contributed by atoms with E-state index in [2.05, 4.69) is 10.1 Å². The molecule has 0 spiro atoms. The van der Waals surface area contributed by atoms with Crippen LogP contribution in [0.25, 0.3) is 17.4 Å². The first-order valence-electron chi connectivity index (χ1n) is 7.78. The van der Waals surface area contributed by atoms with Crippen molar-refractivity contribution in [2.45, 2.75) is 0 Å². The summed E-state index contributed by atoms with van der Waals surface area (Å²) in [6, 6.07) is 10.4. The fourth-order valence-corrected chi connectivity index (χ4v) is 4.28. The van der Waals surface area contributed by atoms with Crippen LogP contribution in [0.3, 0.4) is 0 Å². The molecule has 8 nitrogen and oxygen atoms in total. The zero-order valence-corrected chi connectivity index (χ0v) is 16.6. The molecule has 1 N–H and O–H groups in total. The van der Waals surface area contributed by atoms with Gasteiger partial charge in [0.2, 0.25) is 19.4 Å². The van der Waals surface area contributed by atoms with E-state index in [-0.39, 0.29) is 21.0 Å². The Kier molecular flexibility index (Phi) is 4.48. The molecule has 2 aliphatic rings. The van der Waals surface area contributed by atoms with Gasteiger partial charge in [-0.05, 0) is 54.2 Å². The number of benzene rings is 1. The molecule has 0 bridgehead atoms. The minimum atomic E-state index is -3.57. The first-order valence-corrected chi connectivity index (χ1v) is 10.9. The Bertz CT molecular complexity index is 1210. The van der Waals surface area contributed by atoms with Crippen LogP contribution in [0.2, 0.25) is 5.02 Å². The summed E-state index contributed by atoms with van der Waals surface area (Å²) in [6.07, 6.45) is 2.38. The lowest BCUT2D eigenvalue weighted by molar-refractivity contribution is -0.114. The lowest BCUT2D eigenvalue weighted by Gasteiger charge is -2.19. The highest BCUT2D eigenvalue weighted by Crippen LogP contribution is 2.31. The summed E-state index contributed by atoms with van der Waals surface area (Å²) in [5, 5.41) is 13.8. The van der Waals surface area contributed by atoms with Crippen molar-refractivity contribution in [3.63, 3.8) is 0 Å². The molecule has 1 aromatic carbocycles. The molecule has 0 unspecified atom stereocenters. The first kappa shape index (κ1) is 18.7. The Morgan fingerprint density at radius 3 is 2.61 bits per heavy atom. The number of halogens is 1. The predicted octanol–water partition coefficient (Wildman–Crippen LogP) is 3.22. The van der Waals surface area contributed by atoms with Gasteiger partial charge in [-0.15, -0.1) is 5.10 Å². The second-order valence-electron chi connectivity index (χ2n) is 5.87. The highest BCUT2D eigenvalue weighted by Gasteiger charge is 2.38. The third kappa shape index (κ3) is 3.41. The van der Waals surface area contributed by atoms with Gasteiger partial charge < -0.3 is 4.42 Å². The number of fused-ring (bicyclic) bond motifs is 1. The summed E-state index contributed by atoms with van der Waals surface area (Å²) < 4.78 is 28.8. The molecule has 2 aliphatic heterocycles. The molecule has 4 rings (SSSR count). The summed E-state index contributed by atoms with van der Waals surface area (Å²) in [5.41, 5.74) is 0.748. The third-order valence-electron chi connectivity index (χ3n) is 3.80. The minimum absolute atomic E-state index is 0.0360. The van der Waals surface area contributed by atoms with Crippen LogP contribution in [0.5, 0.6) is 0 Å². The van der Waals surface area contributed by atoms with E-state index in [0.717, 1.165) is 28.6 Å². The van der Waals surface area contributed by atoms with Crippen molar-refractivity contribution < 1.29 is 17.6 Å². The van der Waals surface area contributed by atoms with Crippen LogP contribution in [0.4, 0.5) is 0 Å². The molecule has 1 amide bonds. The summed E-state index contributed by atoms with van der Waals surface area (Å²) >= 11 is 6.61. The largest absolute Gasteiger partial charge is 0.457 e. The smallest absolute Gasteiger partial charge is 0.283 e. The number of furan rings is 1. The molecule has 11 heteroatoms. The van der Waals surface area contributed by atoms with E-state index in [1.807, 2.05) is 0 Å². The van der Waals surface area contributed by atoms with E-state index < -0.39 is 15.7 Å². The lowest BCUT2D eigenvalue weighted by atomic mass is 10.1. The van der Waals surface area contributed by atoms with Gasteiger partial charge in [0.25, 0.3) is 5.91 Å². The zero-order valence-electron chi connectivity index (χ0n) is 14.2. The number of aliphatic imine (C=N–C) groups is 1. The van der Waals surface area contributed by atoms with Crippen LogP contribution >= 0.6 is 23.4 Å². The second-order valence-corrected chi connectivity index (χ2v) is 9.45. The topological polar surface area (TPSA) is 116 Å².